The van der Waals surface area contributed by atoms with Gasteiger partial charge < -0.3 is 14.8 Å². The Kier molecular flexibility index (Phi) is 7.19. The Morgan fingerprint density at radius 3 is 2.65 bits per heavy atom. The Labute approximate surface area is 165 Å². The Balaban J connectivity index is 2.25. The summed E-state index contributed by atoms with van der Waals surface area (Å²) in [5.41, 5.74) is 0.772. The van der Waals surface area contributed by atoms with Crippen molar-refractivity contribution >= 4 is 39.9 Å². The number of halogens is 1. The second kappa shape index (κ2) is 9.37. The summed E-state index contributed by atoms with van der Waals surface area (Å²) in [5.74, 6) is 0.754. The molecule has 0 heterocycles. The van der Waals surface area contributed by atoms with Crippen molar-refractivity contribution in [3.05, 3.63) is 55.6 Å². The molecule has 7 nitrogen and oxygen atoms in total. The molecule has 0 aliphatic carbocycles. The zero-order valence-electron chi connectivity index (χ0n) is 14.5. The molecule has 0 atom stereocenters. The lowest BCUT2D eigenvalue weighted by molar-refractivity contribution is -0.384. The van der Waals surface area contributed by atoms with Crippen molar-refractivity contribution in [1.29, 1.82) is 0 Å². The summed E-state index contributed by atoms with van der Waals surface area (Å²) < 4.78 is 11.4. The standard InChI is InChI=1S/C18H19IN2O5/c1-3-4-9-26-17-8-6-13(25-2)11-16(17)20-18(22)14-7-5-12(21(23)24)10-15(14)19/h5-8,10-11H,3-4,9H2,1-2H3,(H,20,22). The molecule has 0 saturated heterocycles. The van der Waals surface area contributed by atoms with Gasteiger partial charge >= 0.3 is 0 Å². The van der Waals surface area contributed by atoms with Crippen molar-refractivity contribution < 1.29 is 19.2 Å². The second-order valence-electron chi connectivity index (χ2n) is 5.44. The van der Waals surface area contributed by atoms with Gasteiger partial charge in [0, 0.05) is 21.8 Å². The van der Waals surface area contributed by atoms with Crippen LogP contribution in [0.3, 0.4) is 0 Å². The third-order valence-electron chi connectivity index (χ3n) is 3.60. The van der Waals surface area contributed by atoms with Crippen LogP contribution in [0, 0.1) is 13.7 Å². The second-order valence-corrected chi connectivity index (χ2v) is 6.60. The minimum atomic E-state index is -0.494. The van der Waals surface area contributed by atoms with E-state index < -0.39 is 4.92 Å². The van der Waals surface area contributed by atoms with Gasteiger partial charge in [-0.15, -0.1) is 0 Å². The number of carbonyl (C=O) groups excluding carboxylic acids is 1. The lowest BCUT2D eigenvalue weighted by Crippen LogP contribution is -2.15. The van der Waals surface area contributed by atoms with Gasteiger partial charge in [0.05, 0.1) is 29.9 Å². The van der Waals surface area contributed by atoms with Crippen LogP contribution in [0.5, 0.6) is 11.5 Å². The van der Waals surface area contributed by atoms with Gasteiger partial charge in [-0.3, -0.25) is 14.9 Å². The number of nitro groups is 1. The number of anilines is 1. The molecule has 0 fully saturated rings. The van der Waals surface area contributed by atoms with Crippen molar-refractivity contribution in [3.8, 4) is 11.5 Å². The fraction of sp³-hybridized carbons (Fsp3) is 0.278. The number of hydrogen-bond donors (Lipinski definition) is 1. The first-order chi connectivity index (χ1) is 12.5. The average molecular weight is 470 g/mol. The molecule has 1 N–H and O–H groups in total. The van der Waals surface area contributed by atoms with E-state index in [9.17, 15) is 14.9 Å². The number of non-ortho nitro benzene ring substituents is 1. The van der Waals surface area contributed by atoms with Gasteiger partial charge in [0.1, 0.15) is 11.5 Å². The molecule has 0 bridgehead atoms. The smallest absolute Gasteiger partial charge is 0.270 e. The highest BCUT2D eigenvalue weighted by Crippen LogP contribution is 2.30. The van der Waals surface area contributed by atoms with Gasteiger partial charge in [-0.2, -0.15) is 0 Å². The molecular weight excluding hydrogens is 451 g/mol. The highest BCUT2D eigenvalue weighted by atomic mass is 127. The molecule has 0 aliphatic rings. The summed E-state index contributed by atoms with van der Waals surface area (Å²) >= 11 is 1.91. The highest BCUT2D eigenvalue weighted by Gasteiger charge is 2.16. The van der Waals surface area contributed by atoms with Gasteiger partial charge in [-0.05, 0) is 47.2 Å². The summed E-state index contributed by atoms with van der Waals surface area (Å²) in [6, 6.07) is 9.28. The lowest BCUT2D eigenvalue weighted by atomic mass is 10.2. The van der Waals surface area contributed by atoms with Crippen LogP contribution in [-0.4, -0.2) is 24.5 Å². The summed E-state index contributed by atoms with van der Waals surface area (Å²) in [6.07, 6.45) is 1.90. The van der Waals surface area contributed by atoms with E-state index in [1.165, 1.54) is 25.3 Å². The van der Waals surface area contributed by atoms with Crippen LogP contribution >= 0.6 is 22.6 Å². The van der Waals surface area contributed by atoms with Crippen molar-refractivity contribution in [2.45, 2.75) is 19.8 Å². The van der Waals surface area contributed by atoms with Crippen LogP contribution in [0.2, 0.25) is 0 Å². The van der Waals surface area contributed by atoms with Crippen molar-refractivity contribution in [2.75, 3.05) is 19.0 Å². The normalized spacial score (nSPS) is 10.3. The van der Waals surface area contributed by atoms with Gasteiger partial charge in [-0.25, -0.2) is 0 Å². The highest BCUT2D eigenvalue weighted by molar-refractivity contribution is 14.1. The van der Waals surface area contributed by atoms with Crippen LogP contribution in [0.15, 0.2) is 36.4 Å². The molecule has 1 amide bonds. The van der Waals surface area contributed by atoms with Crippen LogP contribution < -0.4 is 14.8 Å². The molecule has 2 aromatic carbocycles. The first-order valence-corrected chi connectivity index (χ1v) is 9.10. The van der Waals surface area contributed by atoms with Gasteiger partial charge in [0.2, 0.25) is 0 Å². The summed E-state index contributed by atoms with van der Waals surface area (Å²) in [5, 5.41) is 13.6. The van der Waals surface area contributed by atoms with Crippen molar-refractivity contribution in [1.82, 2.24) is 0 Å². The molecule has 138 valence electrons. The van der Waals surface area contributed by atoms with Gasteiger partial charge in [-0.1, -0.05) is 13.3 Å². The number of rotatable bonds is 8. The van der Waals surface area contributed by atoms with E-state index >= 15 is 0 Å². The predicted molar refractivity (Wildman–Crippen MR) is 107 cm³/mol. The van der Waals surface area contributed by atoms with E-state index in [2.05, 4.69) is 12.2 Å². The van der Waals surface area contributed by atoms with Crippen LogP contribution in [0.1, 0.15) is 30.1 Å². The number of hydrogen-bond acceptors (Lipinski definition) is 5. The summed E-state index contributed by atoms with van der Waals surface area (Å²) in [7, 11) is 1.54. The quantitative estimate of drug-likeness (QED) is 0.263. The first kappa shape index (κ1) is 20.0. The van der Waals surface area contributed by atoms with Crippen LogP contribution in [0.25, 0.3) is 0 Å². The Morgan fingerprint density at radius 1 is 1.27 bits per heavy atom. The molecule has 2 aromatic rings. The Bertz CT molecular complexity index is 810. The van der Waals surface area contributed by atoms with E-state index in [0.29, 0.717) is 32.9 Å². The summed E-state index contributed by atoms with van der Waals surface area (Å²) in [6.45, 7) is 2.61. The van der Waals surface area contributed by atoms with E-state index in [1.54, 1.807) is 18.2 Å². The maximum Gasteiger partial charge on any atom is 0.270 e. The number of methoxy groups -OCH3 is 1. The zero-order valence-corrected chi connectivity index (χ0v) is 16.6. The fourth-order valence-electron chi connectivity index (χ4n) is 2.18. The van der Waals surface area contributed by atoms with E-state index in [0.717, 1.165) is 12.8 Å². The average Bonchev–Trinajstić information content (AvgIpc) is 2.62. The number of carbonyl (C=O) groups is 1. The first-order valence-electron chi connectivity index (χ1n) is 8.02. The molecule has 0 unspecified atom stereocenters. The molecular formula is C18H19IN2O5. The molecule has 0 radical (unpaired) electrons. The largest absolute Gasteiger partial charge is 0.497 e. The Morgan fingerprint density at radius 2 is 2.04 bits per heavy atom. The number of nitro benzene ring substituents is 1. The SMILES string of the molecule is CCCCOc1ccc(OC)cc1NC(=O)c1ccc([N+](=O)[O-])cc1I. The maximum absolute atomic E-state index is 12.6. The van der Waals surface area contributed by atoms with Crippen molar-refractivity contribution in [2.24, 2.45) is 0 Å². The third-order valence-corrected chi connectivity index (χ3v) is 4.49. The fourth-order valence-corrected chi connectivity index (χ4v) is 2.92. The molecule has 0 saturated carbocycles. The van der Waals surface area contributed by atoms with Crippen molar-refractivity contribution in [3.63, 3.8) is 0 Å². The minimum absolute atomic E-state index is 0.0593. The van der Waals surface area contributed by atoms with E-state index in [1.807, 2.05) is 22.6 Å². The maximum atomic E-state index is 12.6. The Hall–Kier alpha value is -2.36. The van der Waals surface area contributed by atoms with Gasteiger partial charge in [0.25, 0.3) is 11.6 Å². The van der Waals surface area contributed by atoms with E-state index in [-0.39, 0.29) is 11.6 Å². The third kappa shape index (κ3) is 5.07. The molecule has 0 aliphatic heterocycles. The lowest BCUT2D eigenvalue weighted by Gasteiger charge is -2.14. The number of benzene rings is 2. The number of nitrogens with one attached hydrogen (secondary N) is 1. The number of ether oxygens (including phenoxy) is 2. The number of nitrogens with zero attached hydrogens (tertiary/aromatic N) is 1. The number of unbranched alkanes of at least 4 members (excludes halogenated alkanes) is 1. The topological polar surface area (TPSA) is 90.7 Å². The molecule has 2 rings (SSSR count). The summed E-state index contributed by atoms with van der Waals surface area (Å²) in [4.78, 5) is 23.0. The molecule has 0 aromatic heterocycles. The van der Waals surface area contributed by atoms with E-state index in [4.69, 9.17) is 9.47 Å². The monoisotopic (exact) mass is 470 g/mol. The molecule has 0 spiro atoms. The minimum Gasteiger partial charge on any atom is -0.497 e. The van der Waals surface area contributed by atoms with Gasteiger partial charge in [0.15, 0.2) is 0 Å². The zero-order chi connectivity index (χ0) is 19.1. The number of amides is 1. The van der Waals surface area contributed by atoms with Crippen LogP contribution in [0.4, 0.5) is 11.4 Å². The molecule has 8 heteroatoms. The predicted octanol–water partition coefficient (Wildman–Crippen LogP) is 4.64. The van der Waals surface area contributed by atoms with Crippen LogP contribution in [-0.2, 0) is 0 Å². The molecule has 26 heavy (non-hydrogen) atoms.